The van der Waals surface area contributed by atoms with Gasteiger partial charge >= 0.3 is 0 Å². The van der Waals surface area contributed by atoms with Crippen LogP contribution >= 0.6 is 11.8 Å². The third-order valence-corrected chi connectivity index (χ3v) is 6.41. The molecule has 0 spiro atoms. The molecule has 154 valence electrons. The number of hydrogen-bond acceptors (Lipinski definition) is 5. The van der Waals surface area contributed by atoms with Gasteiger partial charge in [0.25, 0.3) is 5.91 Å². The number of amides is 1. The molecular formula is C25H22N4OS. The van der Waals surface area contributed by atoms with E-state index in [1.165, 1.54) is 22.9 Å². The predicted octanol–water partition coefficient (Wildman–Crippen LogP) is 3.38. The van der Waals surface area contributed by atoms with E-state index in [-0.39, 0.29) is 12.1 Å². The fourth-order valence-corrected chi connectivity index (χ4v) is 4.61. The van der Waals surface area contributed by atoms with Gasteiger partial charge in [-0.15, -0.1) is 5.10 Å². The van der Waals surface area contributed by atoms with Crippen molar-refractivity contribution in [2.75, 3.05) is 0 Å². The van der Waals surface area contributed by atoms with E-state index >= 15 is 0 Å². The van der Waals surface area contributed by atoms with Gasteiger partial charge in [-0.2, -0.15) is 0 Å². The Kier molecular flexibility index (Phi) is 5.08. The summed E-state index contributed by atoms with van der Waals surface area (Å²) in [5.74, 6) is 0.577. The highest BCUT2D eigenvalue weighted by Gasteiger charge is 2.34. The Morgan fingerprint density at radius 1 is 0.968 bits per heavy atom. The number of aryl methyl sites for hydroxylation is 2. The van der Waals surface area contributed by atoms with Crippen molar-refractivity contribution >= 4 is 28.5 Å². The molecule has 0 fully saturated rings. The van der Waals surface area contributed by atoms with E-state index in [0.29, 0.717) is 10.9 Å². The minimum absolute atomic E-state index is 0.151. The summed E-state index contributed by atoms with van der Waals surface area (Å²) in [5.41, 5.74) is 5.11. The number of hydrazone groups is 1. The molecule has 1 amide bonds. The van der Waals surface area contributed by atoms with Crippen LogP contribution in [0.15, 0.2) is 82.9 Å². The second-order valence-corrected chi connectivity index (χ2v) is 8.67. The van der Waals surface area contributed by atoms with E-state index in [9.17, 15) is 4.79 Å². The molecule has 0 saturated heterocycles. The third-order valence-electron chi connectivity index (χ3n) is 5.48. The van der Waals surface area contributed by atoms with E-state index in [1.807, 2.05) is 36.4 Å². The molecule has 0 aromatic heterocycles. The zero-order chi connectivity index (χ0) is 21.4. The lowest BCUT2D eigenvalue weighted by Gasteiger charge is -2.34. The van der Waals surface area contributed by atoms with E-state index in [4.69, 9.17) is 10.1 Å². The summed E-state index contributed by atoms with van der Waals surface area (Å²) < 4.78 is 0. The number of nitrogens with one attached hydrogen (secondary N) is 1. The normalized spacial score (nSPS) is 17.3. The second kappa shape index (κ2) is 8.04. The number of carbonyl (C=O) groups excluding carboxylic acids is 1. The van der Waals surface area contributed by atoms with Gasteiger partial charge in [0.2, 0.25) is 0 Å². The molecule has 2 aliphatic heterocycles. The molecule has 1 unspecified atom stereocenters. The Morgan fingerprint density at radius 3 is 2.52 bits per heavy atom. The van der Waals surface area contributed by atoms with Crippen LogP contribution in [0.1, 0.15) is 28.4 Å². The highest BCUT2D eigenvalue weighted by atomic mass is 32.2. The van der Waals surface area contributed by atoms with Crippen LogP contribution in [0.3, 0.4) is 0 Å². The molecule has 1 atom stereocenters. The van der Waals surface area contributed by atoms with Crippen LogP contribution in [0, 0.1) is 13.8 Å². The van der Waals surface area contributed by atoms with Crippen LogP contribution in [0.5, 0.6) is 0 Å². The fourth-order valence-electron chi connectivity index (χ4n) is 3.81. The molecule has 0 saturated carbocycles. The first-order chi connectivity index (χ1) is 15.1. The van der Waals surface area contributed by atoms with Gasteiger partial charge in [-0.1, -0.05) is 84.1 Å². The average molecular weight is 427 g/mol. The Hall–Kier alpha value is -3.38. The van der Waals surface area contributed by atoms with Gasteiger partial charge in [0.1, 0.15) is 5.70 Å². The first kappa shape index (κ1) is 19.6. The summed E-state index contributed by atoms with van der Waals surface area (Å²) in [6.07, 6.45) is -0.382. The summed E-state index contributed by atoms with van der Waals surface area (Å²) in [6.45, 7) is 4.13. The van der Waals surface area contributed by atoms with Crippen molar-refractivity contribution in [1.29, 1.82) is 0 Å². The smallest absolute Gasteiger partial charge is 0.276 e. The number of hydrogen-bond donors (Lipinski definition) is 1. The van der Waals surface area contributed by atoms with Gasteiger partial charge in [0, 0.05) is 16.5 Å². The largest absolute Gasteiger partial charge is 0.298 e. The molecule has 2 aliphatic rings. The van der Waals surface area contributed by atoms with E-state index in [0.717, 1.165) is 27.5 Å². The first-order valence-electron chi connectivity index (χ1n) is 10.2. The number of carbonyl (C=O) groups is 1. The Morgan fingerprint density at radius 2 is 1.71 bits per heavy atom. The van der Waals surface area contributed by atoms with Crippen molar-refractivity contribution < 1.29 is 4.79 Å². The van der Waals surface area contributed by atoms with Crippen molar-refractivity contribution in [2.24, 2.45) is 10.1 Å². The Balaban J connectivity index is 1.56. The molecule has 5 nitrogen and oxygen atoms in total. The molecule has 0 radical (unpaired) electrons. The summed E-state index contributed by atoms with van der Waals surface area (Å²) in [5, 5.41) is 11.8. The van der Waals surface area contributed by atoms with Crippen LogP contribution in [0.2, 0.25) is 0 Å². The average Bonchev–Trinajstić information content (AvgIpc) is 2.78. The molecule has 2 heterocycles. The topological polar surface area (TPSA) is 57.1 Å². The zero-order valence-electron chi connectivity index (χ0n) is 17.4. The molecular weight excluding hydrogens is 404 g/mol. The van der Waals surface area contributed by atoms with Crippen LogP contribution in [0.25, 0.3) is 5.70 Å². The SMILES string of the molecule is Cc1ccc(CSC2=NN3C(=c4ccccc4=NC3c3ccccc3C)C(=O)N2)cc1. The number of benzene rings is 3. The van der Waals surface area contributed by atoms with Crippen LogP contribution in [-0.2, 0) is 10.5 Å². The van der Waals surface area contributed by atoms with Crippen LogP contribution in [0.4, 0.5) is 0 Å². The van der Waals surface area contributed by atoms with Crippen molar-refractivity contribution in [2.45, 2.75) is 25.8 Å². The monoisotopic (exact) mass is 426 g/mol. The number of nitrogens with zero attached hydrogens (tertiary/aromatic N) is 3. The quantitative estimate of drug-likeness (QED) is 0.699. The summed E-state index contributed by atoms with van der Waals surface area (Å²) in [6, 6.07) is 24.3. The number of para-hydroxylation sites is 1. The fraction of sp³-hybridized carbons (Fsp3) is 0.160. The summed E-state index contributed by atoms with van der Waals surface area (Å²) in [4.78, 5) is 18.2. The van der Waals surface area contributed by atoms with Crippen molar-refractivity contribution in [3.63, 3.8) is 0 Å². The van der Waals surface area contributed by atoms with Crippen LogP contribution < -0.4 is 15.9 Å². The lowest BCUT2D eigenvalue weighted by Crippen LogP contribution is -2.50. The number of thioether (sulfide) groups is 1. The molecule has 1 N–H and O–H groups in total. The maximum Gasteiger partial charge on any atom is 0.276 e. The van der Waals surface area contributed by atoms with Crippen molar-refractivity contribution in [1.82, 2.24) is 10.3 Å². The molecule has 31 heavy (non-hydrogen) atoms. The van der Waals surface area contributed by atoms with Gasteiger partial charge in [-0.3, -0.25) is 15.1 Å². The minimum atomic E-state index is -0.382. The lowest BCUT2D eigenvalue weighted by atomic mass is 10.0. The zero-order valence-corrected chi connectivity index (χ0v) is 18.2. The number of fused-ring (bicyclic) bond motifs is 2. The van der Waals surface area contributed by atoms with Gasteiger partial charge < -0.3 is 0 Å². The lowest BCUT2D eigenvalue weighted by molar-refractivity contribution is -0.116. The Bertz CT molecular complexity index is 1310. The number of amidine groups is 1. The maximum atomic E-state index is 13.2. The van der Waals surface area contributed by atoms with Gasteiger partial charge in [-0.05, 0) is 31.0 Å². The summed E-state index contributed by atoms with van der Waals surface area (Å²) >= 11 is 1.52. The minimum Gasteiger partial charge on any atom is -0.298 e. The van der Waals surface area contributed by atoms with Gasteiger partial charge in [0.05, 0.1) is 5.36 Å². The van der Waals surface area contributed by atoms with Crippen molar-refractivity contribution in [3.8, 4) is 0 Å². The summed E-state index contributed by atoms with van der Waals surface area (Å²) in [7, 11) is 0. The molecule has 3 aromatic carbocycles. The van der Waals surface area contributed by atoms with E-state index in [1.54, 1.807) is 5.01 Å². The molecule has 3 aromatic rings. The second-order valence-electron chi connectivity index (χ2n) is 7.70. The third kappa shape index (κ3) is 3.75. The molecule has 0 aliphatic carbocycles. The van der Waals surface area contributed by atoms with Crippen LogP contribution in [-0.4, -0.2) is 16.1 Å². The highest BCUT2D eigenvalue weighted by Crippen LogP contribution is 2.32. The van der Waals surface area contributed by atoms with E-state index < -0.39 is 0 Å². The maximum absolute atomic E-state index is 13.2. The van der Waals surface area contributed by atoms with Gasteiger partial charge in [0.15, 0.2) is 11.3 Å². The first-order valence-corrected chi connectivity index (χ1v) is 11.2. The van der Waals surface area contributed by atoms with Gasteiger partial charge in [-0.25, -0.2) is 5.01 Å². The number of rotatable bonds is 3. The highest BCUT2D eigenvalue weighted by molar-refractivity contribution is 8.13. The molecule has 5 rings (SSSR count). The molecule has 0 bridgehead atoms. The standard InChI is InChI=1S/C25H22N4OS/c1-16-11-13-18(14-12-16)15-31-25-27-24(30)22-20-9-5-6-10-21(20)26-23(29(22)28-25)19-8-4-3-7-17(19)2/h3-14,23H,15H2,1-2H3,(H,27,28,30). The van der Waals surface area contributed by atoms with Crippen molar-refractivity contribution in [3.05, 3.63) is 106 Å². The van der Waals surface area contributed by atoms with E-state index in [2.05, 4.69) is 55.6 Å². The predicted molar refractivity (Wildman–Crippen MR) is 124 cm³/mol. The Labute approximate surface area is 185 Å². The molecule has 6 heteroatoms.